The van der Waals surface area contributed by atoms with Gasteiger partial charge in [0.2, 0.25) is 5.60 Å². The molecule has 1 aromatic heterocycles. The minimum Gasteiger partial charge on any atom is -0.476 e. The molecule has 1 aliphatic carbocycles. The molecule has 3 atom stereocenters. The van der Waals surface area contributed by atoms with E-state index in [4.69, 9.17) is 16.3 Å². The second-order valence-electron chi connectivity index (χ2n) is 7.69. The van der Waals surface area contributed by atoms with Crippen LogP contribution in [0.1, 0.15) is 22.7 Å². The molecule has 9 heteroatoms. The molecule has 0 saturated heterocycles. The van der Waals surface area contributed by atoms with Crippen LogP contribution in [-0.4, -0.2) is 32.0 Å². The van der Waals surface area contributed by atoms with Crippen molar-refractivity contribution in [2.75, 3.05) is 0 Å². The Bertz CT molecular complexity index is 1180. The summed E-state index contributed by atoms with van der Waals surface area (Å²) in [6.07, 6.45) is 1.13. The number of hydrogen-bond donors (Lipinski definition) is 3. The Balaban J connectivity index is 1.92. The molecule has 2 aliphatic rings. The third-order valence-electron chi connectivity index (χ3n) is 6.11. The molecular formula is C22H15BrClF2NO4. The normalized spacial score (nSPS) is 29.8. The van der Waals surface area contributed by atoms with E-state index in [1.165, 1.54) is 30.3 Å². The van der Waals surface area contributed by atoms with Crippen LogP contribution in [0.4, 0.5) is 8.78 Å². The van der Waals surface area contributed by atoms with Gasteiger partial charge in [-0.2, -0.15) is 8.78 Å². The molecule has 1 fully saturated rings. The lowest BCUT2D eigenvalue weighted by Crippen LogP contribution is -2.61. The Morgan fingerprint density at radius 2 is 1.65 bits per heavy atom. The highest BCUT2D eigenvalue weighted by atomic mass is 79.9. The Morgan fingerprint density at radius 3 is 2.29 bits per heavy atom. The van der Waals surface area contributed by atoms with E-state index in [0.29, 0.717) is 4.47 Å². The van der Waals surface area contributed by atoms with Gasteiger partial charge in [0.1, 0.15) is 17.4 Å². The number of fused-ring (bicyclic) bond motifs is 3. The first-order valence-electron chi connectivity index (χ1n) is 9.28. The summed E-state index contributed by atoms with van der Waals surface area (Å²) in [5.74, 6) is -10.2. The number of aromatic nitrogens is 1. The summed E-state index contributed by atoms with van der Waals surface area (Å²) < 4.78 is 38.4. The predicted molar refractivity (Wildman–Crippen MR) is 111 cm³/mol. The molecule has 31 heavy (non-hydrogen) atoms. The fraction of sp³-hybridized carbons (Fsp3) is 0.227. The predicted octanol–water partition coefficient (Wildman–Crippen LogP) is 4.09. The third kappa shape index (κ3) is 2.37. The van der Waals surface area contributed by atoms with Crippen LogP contribution in [-0.2, 0) is 11.2 Å². The van der Waals surface area contributed by atoms with Crippen molar-refractivity contribution in [3.8, 4) is 5.75 Å². The van der Waals surface area contributed by atoms with Crippen LogP contribution in [0.3, 0.4) is 0 Å². The van der Waals surface area contributed by atoms with E-state index in [2.05, 4.69) is 20.9 Å². The van der Waals surface area contributed by atoms with E-state index in [1.807, 2.05) is 0 Å². The zero-order valence-electron chi connectivity index (χ0n) is 15.6. The standard InChI is InChI=1S/C22H15BrClF2NO4/c23-14-8-6-13(7-9-14)19-17(12-4-2-1-3-5-12)21(25,26)22(29,30)20(19,28)18-16(31-19)10-15(24)11-27-18/h1-11,17,28-30H. The third-order valence-corrected chi connectivity index (χ3v) is 6.85. The molecule has 0 amide bonds. The molecule has 1 saturated carbocycles. The van der Waals surface area contributed by atoms with Crippen molar-refractivity contribution in [2.45, 2.75) is 28.8 Å². The fourth-order valence-corrected chi connectivity index (χ4v) is 5.22. The van der Waals surface area contributed by atoms with Crippen LogP contribution in [0.2, 0.25) is 5.02 Å². The highest BCUT2D eigenvalue weighted by molar-refractivity contribution is 9.10. The lowest BCUT2D eigenvalue weighted by molar-refractivity contribution is -0.351. The summed E-state index contributed by atoms with van der Waals surface area (Å²) in [5, 5.41) is 33.7. The summed E-state index contributed by atoms with van der Waals surface area (Å²) in [6, 6.07) is 15.0. The Labute approximate surface area is 189 Å². The number of benzene rings is 2. The van der Waals surface area contributed by atoms with Crippen molar-refractivity contribution >= 4 is 27.5 Å². The summed E-state index contributed by atoms with van der Waals surface area (Å²) in [5.41, 5.74) is -5.59. The molecule has 3 N–H and O–H groups in total. The first-order valence-corrected chi connectivity index (χ1v) is 10.5. The molecule has 160 valence electrons. The van der Waals surface area contributed by atoms with E-state index in [1.54, 1.807) is 30.3 Å². The number of aliphatic hydroxyl groups is 3. The van der Waals surface area contributed by atoms with Gasteiger partial charge in [0.05, 0.1) is 5.02 Å². The van der Waals surface area contributed by atoms with E-state index in [9.17, 15) is 15.3 Å². The largest absolute Gasteiger partial charge is 0.476 e. The second-order valence-corrected chi connectivity index (χ2v) is 9.05. The summed E-state index contributed by atoms with van der Waals surface area (Å²) in [4.78, 5) is 3.98. The number of pyridine rings is 1. The van der Waals surface area contributed by atoms with Gasteiger partial charge in [0.25, 0.3) is 5.79 Å². The van der Waals surface area contributed by atoms with Crippen LogP contribution in [0.25, 0.3) is 0 Å². The van der Waals surface area contributed by atoms with Crippen LogP contribution in [0.15, 0.2) is 71.3 Å². The van der Waals surface area contributed by atoms with Crippen molar-refractivity contribution in [2.24, 2.45) is 0 Å². The average Bonchev–Trinajstić information content (AvgIpc) is 3.03. The van der Waals surface area contributed by atoms with Gasteiger partial charge in [-0.1, -0.05) is 70.0 Å². The zero-order valence-corrected chi connectivity index (χ0v) is 18.0. The lowest BCUT2D eigenvalue weighted by atomic mass is 9.72. The quantitative estimate of drug-likeness (QED) is 0.453. The molecular weight excluding hydrogens is 496 g/mol. The maximum absolute atomic E-state index is 15.8. The smallest absolute Gasteiger partial charge is 0.315 e. The molecule has 0 spiro atoms. The Morgan fingerprint density at radius 1 is 1.00 bits per heavy atom. The van der Waals surface area contributed by atoms with Crippen LogP contribution < -0.4 is 4.74 Å². The molecule has 5 nitrogen and oxygen atoms in total. The van der Waals surface area contributed by atoms with Gasteiger partial charge >= 0.3 is 5.92 Å². The Hall–Kier alpha value is -2.10. The van der Waals surface area contributed by atoms with Gasteiger partial charge in [0.15, 0.2) is 5.60 Å². The highest BCUT2D eigenvalue weighted by Crippen LogP contribution is 2.73. The van der Waals surface area contributed by atoms with Gasteiger partial charge < -0.3 is 20.1 Å². The molecule has 5 rings (SSSR count). The van der Waals surface area contributed by atoms with Crippen molar-refractivity contribution in [1.82, 2.24) is 4.98 Å². The molecule has 3 aromatic rings. The van der Waals surface area contributed by atoms with Crippen LogP contribution in [0.5, 0.6) is 5.75 Å². The number of ether oxygens (including phenoxy) is 1. The number of rotatable bonds is 2. The number of nitrogens with zero attached hydrogens (tertiary/aromatic N) is 1. The minimum absolute atomic E-state index is 0.0534. The van der Waals surface area contributed by atoms with Crippen LogP contribution in [0, 0.1) is 0 Å². The topological polar surface area (TPSA) is 82.8 Å². The molecule has 1 aliphatic heterocycles. The van der Waals surface area contributed by atoms with E-state index in [-0.39, 0.29) is 21.9 Å². The molecule has 0 bridgehead atoms. The second kappa shape index (κ2) is 6.46. The maximum atomic E-state index is 15.8. The first-order chi connectivity index (χ1) is 14.6. The van der Waals surface area contributed by atoms with Gasteiger partial charge in [-0.15, -0.1) is 0 Å². The van der Waals surface area contributed by atoms with Crippen molar-refractivity contribution in [3.63, 3.8) is 0 Å². The molecule has 0 radical (unpaired) electrons. The van der Waals surface area contributed by atoms with Crippen molar-refractivity contribution < 1.29 is 28.8 Å². The van der Waals surface area contributed by atoms with E-state index >= 15 is 8.78 Å². The van der Waals surface area contributed by atoms with Gasteiger partial charge in [-0.05, 0) is 23.3 Å². The summed E-state index contributed by atoms with van der Waals surface area (Å²) in [6.45, 7) is 0. The highest BCUT2D eigenvalue weighted by Gasteiger charge is 2.90. The minimum atomic E-state index is -4.23. The molecule has 3 unspecified atom stereocenters. The molecule has 2 aromatic carbocycles. The lowest BCUT2D eigenvalue weighted by Gasteiger charge is -2.40. The first kappa shape index (κ1) is 20.8. The maximum Gasteiger partial charge on any atom is 0.315 e. The van der Waals surface area contributed by atoms with Crippen molar-refractivity contribution in [3.05, 3.63) is 93.2 Å². The van der Waals surface area contributed by atoms with Gasteiger partial charge in [0, 0.05) is 16.7 Å². The van der Waals surface area contributed by atoms with E-state index < -0.39 is 34.5 Å². The van der Waals surface area contributed by atoms with E-state index in [0.717, 1.165) is 6.20 Å². The van der Waals surface area contributed by atoms with Gasteiger partial charge in [-0.3, -0.25) is 4.98 Å². The van der Waals surface area contributed by atoms with Gasteiger partial charge in [-0.25, -0.2) is 0 Å². The average molecular weight is 511 g/mol. The number of halogens is 4. The van der Waals surface area contributed by atoms with Crippen LogP contribution >= 0.6 is 27.5 Å². The summed E-state index contributed by atoms with van der Waals surface area (Å²) >= 11 is 9.32. The van der Waals surface area contributed by atoms with Crippen molar-refractivity contribution in [1.29, 1.82) is 0 Å². The fourth-order valence-electron chi connectivity index (χ4n) is 4.80. The monoisotopic (exact) mass is 509 g/mol. The number of alkyl halides is 2. The number of hydrogen-bond acceptors (Lipinski definition) is 5. The molecule has 2 heterocycles. The Kier molecular flexibility index (Phi) is 4.33. The summed E-state index contributed by atoms with van der Waals surface area (Å²) in [7, 11) is 0. The zero-order chi connectivity index (χ0) is 22.2. The SMILES string of the molecule is OC1(O)C(F)(F)C(c2ccccc2)C2(c3ccc(Br)cc3)Oc3cc(Cl)cnc3C21O.